The Morgan fingerprint density at radius 3 is 2.53 bits per heavy atom. The number of rotatable bonds is 7. The number of hydrogen-bond acceptors (Lipinski definition) is 7. The van der Waals surface area contributed by atoms with Gasteiger partial charge in [-0.2, -0.15) is 0 Å². The van der Waals surface area contributed by atoms with E-state index in [0.29, 0.717) is 21.3 Å². The van der Waals surface area contributed by atoms with Gasteiger partial charge in [0.15, 0.2) is 0 Å². The van der Waals surface area contributed by atoms with Gasteiger partial charge in [-0.3, -0.25) is 14.4 Å². The Balaban J connectivity index is 2.16. The van der Waals surface area contributed by atoms with Crippen LogP contribution in [0.2, 0.25) is 0 Å². The lowest BCUT2D eigenvalue weighted by Gasteiger charge is -2.25. The molecule has 1 unspecified atom stereocenters. The average Bonchev–Trinajstić information content (AvgIpc) is 3.01. The van der Waals surface area contributed by atoms with Crippen molar-refractivity contribution in [2.45, 2.75) is 13.0 Å². The Bertz CT molecular complexity index is 1100. The molecule has 1 saturated heterocycles. The number of benzene rings is 2. The summed E-state index contributed by atoms with van der Waals surface area (Å²) in [5.41, 5.74) is 0.778. The third-order valence-corrected chi connectivity index (χ3v) is 5.56. The summed E-state index contributed by atoms with van der Waals surface area (Å²) < 4.78 is 16.0. The highest BCUT2D eigenvalue weighted by Crippen LogP contribution is 2.41. The number of methoxy groups -OCH3 is 2. The molecule has 2 aromatic rings. The summed E-state index contributed by atoms with van der Waals surface area (Å²) in [6.07, 6.45) is 0. The van der Waals surface area contributed by atoms with Gasteiger partial charge in [0, 0.05) is 26.1 Å². The third kappa shape index (κ3) is 4.68. The average molecular weight is 504 g/mol. The van der Waals surface area contributed by atoms with Crippen molar-refractivity contribution in [3.8, 4) is 11.5 Å². The van der Waals surface area contributed by atoms with Crippen LogP contribution < -0.4 is 9.47 Å². The first-order valence-electron chi connectivity index (χ1n) is 9.68. The maximum absolute atomic E-state index is 13.0. The zero-order valence-electron chi connectivity index (χ0n) is 17.8. The van der Waals surface area contributed by atoms with Crippen LogP contribution in [0.5, 0.6) is 11.5 Å². The molecule has 2 aromatic carbocycles. The Hall–Kier alpha value is -3.17. The van der Waals surface area contributed by atoms with Crippen molar-refractivity contribution in [2.75, 3.05) is 27.4 Å². The lowest BCUT2D eigenvalue weighted by atomic mass is 9.95. The maximum Gasteiger partial charge on any atom is 0.308 e. The number of hydrogen-bond donors (Lipinski definition) is 1. The van der Waals surface area contributed by atoms with Crippen LogP contribution in [0.25, 0.3) is 5.76 Å². The molecular weight excluding hydrogens is 482 g/mol. The number of aliphatic hydroxyl groups is 1. The second kappa shape index (κ2) is 9.97. The molecule has 1 aliphatic rings. The van der Waals surface area contributed by atoms with Crippen LogP contribution in [0, 0.1) is 0 Å². The Labute approximate surface area is 193 Å². The van der Waals surface area contributed by atoms with E-state index in [1.54, 1.807) is 42.5 Å². The molecule has 0 radical (unpaired) electrons. The number of esters is 1. The third-order valence-electron chi connectivity index (χ3n) is 4.94. The van der Waals surface area contributed by atoms with Crippen LogP contribution in [-0.4, -0.2) is 55.0 Å². The molecule has 1 amide bonds. The van der Waals surface area contributed by atoms with Crippen LogP contribution in [0.3, 0.4) is 0 Å². The molecule has 0 aromatic heterocycles. The van der Waals surface area contributed by atoms with Crippen molar-refractivity contribution < 1.29 is 33.7 Å². The van der Waals surface area contributed by atoms with Crippen molar-refractivity contribution in [3.05, 3.63) is 63.6 Å². The van der Waals surface area contributed by atoms with Gasteiger partial charge in [-0.05, 0) is 51.8 Å². The molecule has 1 aliphatic heterocycles. The number of carbonyl (C=O) groups is 3. The Morgan fingerprint density at radius 2 is 1.91 bits per heavy atom. The SMILES string of the molecule is COCCN1C(=O)C(=O)/C(=C(/O)c2ccc(OC)c(Br)c2)C1c1cccc(OC(C)=O)c1. The Kier molecular flexibility index (Phi) is 7.32. The zero-order valence-corrected chi connectivity index (χ0v) is 19.3. The van der Waals surface area contributed by atoms with Crippen LogP contribution in [0.4, 0.5) is 0 Å². The van der Waals surface area contributed by atoms with Crippen molar-refractivity contribution in [1.29, 1.82) is 0 Å². The van der Waals surface area contributed by atoms with Crippen molar-refractivity contribution >= 4 is 39.3 Å². The molecule has 1 N–H and O–H groups in total. The van der Waals surface area contributed by atoms with E-state index in [9.17, 15) is 19.5 Å². The van der Waals surface area contributed by atoms with Gasteiger partial charge < -0.3 is 24.2 Å². The zero-order chi connectivity index (χ0) is 23.4. The molecule has 0 saturated carbocycles. The summed E-state index contributed by atoms with van der Waals surface area (Å²) in [4.78, 5) is 38.5. The highest BCUT2D eigenvalue weighted by molar-refractivity contribution is 9.10. The van der Waals surface area contributed by atoms with Crippen LogP contribution >= 0.6 is 15.9 Å². The molecule has 1 fully saturated rings. The van der Waals surface area contributed by atoms with Gasteiger partial charge in [0.05, 0.1) is 29.8 Å². The van der Waals surface area contributed by atoms with Gasteiger partial charge in [0.1, 0.15) is 17.3 Å². The van der Waals surface area contributed by atoms with E-state index in [1.807, 2.05) is 0 Å². The predicted molar refractivity (Wildman–Crippen MR) is 119 cm³/mol. The maximum atomic E-state index is 13.0. The van der Waals surface area contributed by atoms with Gasteiger partial charge in [-0.25, -0.2) is 0 Å². The number of ether oxygens (including phenoxy) is 3. The number of Topliss-reactive ketones (excluding diaryl/α,β-unsaturated/α-hetero) is 1. The quantitative estimate of drug-likeness (QED) is 0.203. The summed E-state index contributed by atoms with van der Waals surface area (Å²) in [6, 6.07) is 10.4. The van der Waals surface area contributed by atoms with Crippen molar-refractivity contribution in [1.82, 2.24) is 4.90 Å². The number of halogens is 1. The normalized spacial score (nSPS) is 17.5. The number of aliphatic hydroxyl groups excluding tert-OH is 1. The fourth-order valence-electron chi connectivity index (χ4n) is 3.53. The second-order valence-corrected chi connectivity index (χ2v) is 7.86. The van der Waals surface area contributed by atoms with Gasteiger partial charge in [0.25, 0.3) is 11.7 Å². The Morgan fingerprint density at radius 1 is 1.16 bits per heavy atom. The molecule has 168 valence electrons. The first kappa shape index (κ1) is 23.5. The minimum atomic E-state index is -0.887. The van der Waals surface area contributed by atoms with Crippen LogP contribution in [-0.2, 0) is 19.1 Å². The van der Waals surface area contributed by atoms with Crippen LogP contribution in [0.15, 0.2) is 52.5 Å². The molecule has 8 nitrogen and oxygen atoms in total. The molecular formula is C23H22BrNO7. The van der Waals surface area contributed by atoms with Crippen molar-refractivity contribution in [3.63, 3.8) is 0 Å². The summed E-state index contributed by atoms with van der Waals surface area (Å²) in [7, 11) is 3.00. The van der Waals surface area contributed by atoms with E-state index in [-0.39, 0.29) is 30.2 Å². The van der Waals surface area contributed by atoms with Gasteiger partial charge in [0.2, 0.25) is 0 Å². The summed E-state index contributed by atoms with van der Waals surface area (Å²) in [5.74, 6) is -1.58. The van der Waals surface area contributed by atoms with E-state index in [2.05, 4.69) is 15.9 Å². The number of nitrogens with zero attached hydrogens (tertiary/aromatic N) is 1. The number of amides is 1. The topological polar surface area (TPSA) is 102 Å². The number of likely N-dealkylation sites (tertiary alicyclic amines) is 1. The smallest absolute Gasteiger partial charge is 0.308 e. The lowest BCUT2D eigenvalue weighted by molar-refractivity contribution is -0.140. The molecule has 9 heteroatoms. The highest BCUT2D eigenvalue weighted by atomic mass is 79.9. The monoisotopic (exact) mass is 503 g/mol. The first-order valence-corrected chi connectivity index (χ1v) is 10.5. The van der Waals surface area contributed by atoms with Gasteiger partial charge in [-0.15, -0.1) is 0 Å². The van der Waals surface area contributed by atoms with E-state index in [4.69, 9.17) is 14.2 Å². The molecule has 3 rings (SSSR count). The molecule has 32 heavy (non-hydrogen) atoms. The predicted octanol–water partition coefficient (Wildman–Crippen LogP) is 3.45. The van der Waals surface area contributed by atoms with Crippen molar-refractivity contribution in [2.24, 2.45) is 0 Å². The fraction of sp³-hybridized carbons (Fsp3) is 0.261. The summed E-state index contributed by atoms with van der Waals surface area (Å²) >= 11 is 3.36. The minimum absolute atomic E-state index is 0.0665. The fourth-order valence-corrected chi connectivity index (χ4v) is 4.07. The molecule has 1 heterocycles. The second-order valence-electron chi connectivity index (χ2n) is 7.00. The number of ketones is 1. The minimum Gasteiger partial charge on any atom is -0.507 e. The summed E-state index contributed by atoms with van der Waals surface area (Å²) in [5, 5.41) is 11.1. The van der Waals surface area contributed by atoms with Gasteiger partial charge >= 0.3 is 5.97 Å². The molecule has 0 spiro atoms. The largest absolute Gasteiger partial charge is 0.507 e. The van der Waals surface area contributed by atoms with Gasteiger partial charge in [-0.1, -0.05) is 12.1 Å². The van der Waals surface area contributed by atoms with E-state index in [0.717, 1.165) is 0 Å². The van der Waals surface area contributed by atoms with E-state index >= 15 is 0 Å². The first-order chi connectivity index (χ1) is 15.3. The van der Waals surface area contributed by atoms with E-state index < -0.39 is 23.7 Å². The lowest BCUT2D eigenvalue weighted by Crippen LogP contribution is -2.32. The standard InChI is InChI=1S/C23H22BrNO7/c1-13(26)32-16-6-4-5-14(11-16)20-19(22(28)23(29)25(20)9-10-30-2)21(27)15-7-8-18(31-3)17(24)12-15/h4-8,11-12,20,27H,9-10H2,1-3H3/b21-19+. The molecule has 0 aliphatic carbocycles. The molecule has 1 atom stereocenters. The summed E-state index contributed by atoms with van der Waals surface area (Å²) in [6.45, 7) is 1.60. The highest BCUT2D eigenvalue weighted by Gasteiger charge is 2.46. The number of carbonyl (C=O) groups excluding carboxylic acids is 3. The molecule has 0 bridgehead atoms. The van der Waals surface area contributed by atoms with E-state index in [1.165, 1.54) is 26.0 Å². The van der Waals surface area contributed by atoms with Crippen LogP contribution in [0.1, 0.15) is 24.1 Å².